The van der Waals surface area contributed by atoms with Crippen molar-refractivity contribution in [3.8, 4) is 0 Å². The van der Waals surface area contributed by atoms with Crippen LogP contribution in [0, 0.1) is 0 Å². The van der Waals surface area contributed by atoms with Gasteiger partial charge in [0.15, 0.2) is 0 Å². The topological polar surface area (TPSA) is 27.6 Å². The van der Waals surface area contributed by atoms with Crippen molar-refractivity contribution in [1.29, 1.82) is 0 Å². The third-order valence-corrected chi connectivity index (χ3v) is 2.11. The molecular formula is C11H21N3. The second-order valence-corrected chi connectivity index (χ2v) is 3.00. The second kappa shape index (κ2) is 7.18. The van der Waals surface area contributed by atoms with Crippen molar-refractivity contribution in [2.75, 3.05) is 20.6 Å². The van der Waals surface area contributed by atoms with Crippen LogP contribution in [0.15, 0.2) is 28.7 Å². The molecular weight excluding hydrogens is 174 g/mol. The highest BCUT2D eigenvalue weighted by molar-refractivity contribution is 5.54. The van der Waals surface area contributed by atoms with E-state index >= 15 is 0 Å². The monoisotopic (exact) mass is 195 g/mol. The summed E-state index contributed by atoms with van der Waals surface area (Å²) in [6, 6.07) is 0. The van der Waals surface area contributed by atoms with Crippen LogP contribution >= 0.6 is 0 Å². The lowest BCUT2D eigenvalue weighted by atomic mass is 10.3. The van der Waals surface area contributed by atoms with E-state index in [1.54, 1.807) is 6.21 Å². The molecule has 0 aromatic carbocycles. The van der Waals surface area contributed by atoms with Gasteiger partial charge < -0.3 is 10.2 Å². The first-order valence-electron chi connectivity index (χ1n) is 4.91. The van der Waals surface area contributed by atoms with Crippen molar-refractivity contribution in [1.82, 2.24) is 10.2 Å². The van der Waals surface area contributed by atoms with E-state index in [-0.39, 0.29) is 0 Å². The zero-order chi connectivity index (χ0) is 11.0. The fourth-order valence-electron chi connectivity index (χ4n) is 1.04. The van der Waals surface area contributed by atoms with Crippen molar-refractivity contribution in [2.45, 2.75) is 20.8 Å². The summed E-state index contributed by atoms with van der Waals surface area (Å²) in [6.45, 7) is 7.07. The molecule has 0 amide bonds. The summed E-state index contributed by atoms with van der Waals surface area (Å²) < 4.78 is 0. The van der Waals surface area contributed by atoms with E-state index in [1.165, 1.54) is 5.70 Å². The molecule has 0 aliphatic carbocycles. The molecule has 80 valence electrons. The minimum absolute atomic E-state index is 0.981. The van der Waals surface area contributed by atoms with E-state index in [0.29, 0.717) is 0 Å². The standard InChI is InChI=1S/C11H21N3/c1-6-13-9-8-11(10(3)12-4)14(5)7-2/h6,8-9,12H,7H2,1-5H3/b9-8-,11-10-,13-6-. The van der Waals surface area contributed by atoms with Crippen molar-refractivity contribution < 1.29 is 0 Å². The number of hydrogen-bond acceptors (Lipinski definition) is 3. The molecule has 0 aliphatic rings. The summed E-state index contributed by atoms with van der Waals surface area (Å²) in [5.41, 5.74) is 2.32. The molecule has 0 aromatic rings. The summed E-state index contributed by atoms with van der Waals surface area (Å²) in [5.74, 6) is 0. The SMILES string of the molecule is C\C=N/C=C\C(=C(/C)NC)N(C)CC. The maximum Gasteiger partial charge on any atom is 0.0568 e. The van der Waals surface area contributed by atoms with Crippen molar-refractivity contribution in [3.63, 3.8) is 0 Å². The minimum Gasteiger partial charge on any atom is -0.390 e. The normalized spacial score (nSPS) is 13.5. The Morgan fingerprint density at radius 1 is 1.50 bits per heavy atom. The number of aliphatic imine (C=N–C) groups is 1. The van der Waals surface area contributed by atoms with Gasteiger partial charge in [-0.3, -0.25) is 4.99 Å². The van der Waals surface area contributed by atoms with Crippen molar-refractivity contribution in [3.05, 3.63) is 23.7 Å². The van der Waals surface area contributed by atoms with E-state index in [2.05, 4.69) is 36.1 Å². The van der Waals surface area contributed by atoms with Crippen LogP contribution in [0.4, 0.5) is 0 Å². The fraction of sp³-hybridized carbons (Fsp3) is 0.545. The Balaban J connectivity index is 4.74. The van der Waals surface area contributed by atoms with Crippen molar-refractivity contribution in [2.24, 2.45) is 4.99 Å². The molecule has 0 unspecified atom stereocenters. The predicted molar refractivity (Wildman–Crippen MR) is 63.4 cm³/mol. The molecule has 0 radical (unpaired) electrons. The zero-order valence-corrected chi connectivity index (χ0v) is 9.83. The molecule has 0 atom stereocenters. The summed E-state index contributed by atoms with van der Waals surface area (Å²) in [5, 5.41) is 3.14. The smallest absolute Gasteiger partial charge is 0.0568 e. The Labute approximate surface area is 87.2 Å². The lowest BCUT2D eigenvalue weighted by molar-refractivity contribution is 0.447. The molecule has 0 bridgehead atoms. The first-order valence-corrected chi connectivity index (χ1v) is 4.91. The van der Waals surface area contributed by atoms with Crippen LogP contribution in [0.3, 0.4) is 0 Å². The lowest BCUT2D eigenvalue weighted by Crippen LogP contribution is -2.20. The average molecular weight is 195 g/mol. The van der Waals surface area contributed by atoms with Gasteiger partial charge in [-0.25, -0.2) is 0 Å². The third-order valence-electron chi connectivity index (χ3n) is 2.11. The van der Waals surface area contributed by atoms with Crippen LogP contribution in [0.1, 0.15) is 20.8 Å². The van der Waals surface area contributed by atoms with Gasteiger partial charge in [-0.1, -0.05) is 0 Å². The van der Waals surface area contributed by atoms with Crippen LogP contribution in [0.5, 0.6) is 0 Å². The molecule has 0 saturated carbocycles. The molecule has 0 aromatic heterocycles. The van der Waals surface area contributed by atoms with Crippen LogP contribution in [-0.4, -0.2) is 31.8 Å². The molecule has 0 rings (SSSR count). The molecule has 0 aliphatic heterocycles. The fourth-order valence-corrected chi connectivity index (χ4v) is 1.04. The Hall–Kier alpha value is -1.25. The molecule has 14 heavy (non-hydrogen) atoms. The highest BCUT2D eigenvalue weighted by atomic mass is 15.1. The highest BCUT2D eigenvalue weighted by Crippen LogP contribution is 2.07. The van der Waals surface area contributed by atoms with Gasteiger partial charge in [0.2, 0.25) is 0 Å². The summed E-state index contributed by atoms with van der Waals surface area (Å²) in [6.07, 6.45) is 5.59. The van der Waals surface area contributed by atoms with Crippen LogP contribution in [-0.2, 0) is 0 Å². The number of rotatable bonds is 5. The summed E-state index contributed by atoms with van der Waals surface area (Å²) >= 11 is 0. The van der Waals surface area contributed by atoms with Crippen LogP contribution in [0.2, 0.25) is 0 Å². The predicted octanol–water partition coefficient (Wildman–Crippen LogP) is 1.99. The average Bonchev–Trinajstić information content (AvgIpc) is 2.22. The van der Waals surface area contributed by atoms with Crippen LogP contribution in [0.25, 0.3) is 0 Å². The Morgan fingerprint density at radius 2 is 2.14 bits per heavy atom. The Morgan fingerprint density at radius 3 is 2.57 bits per heavy atom. The van der Waals surface area contributed by atoms with Crippen molar-refractivity contribution >= 4 is 6.21 Å². The van der Waals surface area contributed by atoms with Gasteiger partial charge in [-0.15, -0.1) is 0 Å². The van der Waals surface area contributed by atoms with Crippen LogP contribution < -0.4 is 5.32 Å². The highest BCUT2D eigenvalue weighted by Gasteiger charge is 2.01. The van der Waals surface area contributed by atoms with E-state index in [9.17, 15) is 0 Å². The van der Waals surface area contributed by atoms with Gasteiger partial charge in [0.25, 0.3) is 0 Å². The molecule has 1 N–H and O–H groups in total. The summed E-state index contributed by atoms with van der Waals surface area (Å²) in [4.78, 5) is 6.22. The van der Waals surface area contributed by atoms with Gasteiger partial charge in [0.05, 0.1) is 5.70 Å². The largest absolute Gasteiger partial charge is 0.390 e. The van der Waals surface area contributed by atoms with E-state index in [0.717, 1.165) is 12.2 Å². The quantitative estimate of drug-likeness (QED) is 0.536. The number of nitrogens with one attached hydrogen (secondary N) is 1. The number of hydrogen-bond donors (Lipinski definition) is 1. The number of allylic oxidation sites excluding steroid dienone is 2. The van der Waals surface area contributed by atoms with Gasteiger partial charge in [0.1, 0.15) is 0 Å². The minimum atomic E-state index is 0.981. The first kappa shape index (κ1) is 12.8. The Bertz CT molecular complexity index is 239. The van der Waals surface area contributed by atoms with Gasteiger partial charge in [0, 0.05) is 38.8 Å². The Kier molecular flexibility index (Phi) is 6.54. The van der Waals surface area contributed by atoms with E-state index in [4.69, 9.17) is 0 Å². The first-order chi connectivity index (χ1) is 6.67. The molecule has 3 nitrogen and oxygen atoms in total. The van der Waals surface area contributed by atoms with Gasteiger partial charge in [-0.2, -0.15) is 0 Å². The zero-order valence-electron chi connectivity index (χ0n) is 9.83. The molecule has 3 heteroatoms. The van der Waals surface area contributed by atoms with E-state index < -0.39 is 0 Å². The summed E-state index contributed by atoms with van der Waals surface area (Å²) in [7, 11) is 3.99. The lowest BCUT2D eigenvalue weighted by Gasteiger charge is -2.20. The molecule has 0 fully saturated rings. The third kappa shape index (κ3) is 4.12. The second-order valence-electron chi connectivity index (χ2n) is 3.00. The maximum absolute atomic E-state index is 4.05. The van der Waals surface area contributed by atoms with Gasteiger partial charge >= 0.3 is 0 Å². The van der Waals surface area contributed by atoms with Gasteiger partial charge in [-0.05, 0) is 26.8 Å². The number of likely N-dealkylation sites (N-methyl/N-ethyl adjacent to an activating group) is 1. The molecule has 0 heterocycles. The maximum atomic E-state index is 4.05. The number of nitrogens with zero attached hydrogens (tertiary/aromatic N) is 2. The van der Waals surface area contributed by atoms with E-state index in [1.807, 2.05) is 26.2 Å². The molecule has 0 saturated heterocycles. The molecule has 0 spiro atoms.